The SMILES string of the molecule is CCCCNC1=C(NCC)C(=S)C1. The normalized spacial score (nSPS) is 15.7. The van der Waals surface area contributed by atoms with Crippen molar-refractivity contribution in [2.24, 2.45) is 0 Å². The van der Waals surface area contributed by atoms with Crippen LogP contribution in [0.25, 0.3) is 0 Å². The van der Waals surface area contributed by atoms with Crippen LogP contribution >= 0.6 is 12.2 Å². The third-order valence-corrected chi connectivity index (χ3v) is 2.49. The van der Waals surface area contributed by atoms with Crippen LogP contribution < -0.4 is 10.6 Å². The fourth-order valence-corrected chi connectivity index (χ4v) is 1.69. The molecule has 0 spiro atoms. The second-order valence-electron chi connectivity index (χ2n) is 3.26. The van der Waals surface area contributed by atoms with Crippen molar-refractivity contribution < 1.29 is 0 Å². The average molecular weight is 198 g/mol. The largest absolute Gasteiger partial charge is 0.386 e. The Balaban J connectivity index is 2.35. The van der Waals surface area contributed by atoms with Gasteiger partial charge in [-0.15, -0.1) is 0 Å². The molecule has 1 rings (SSSR count). The third-order valence-electron chi connectivity index (χ3n) is 2.14. The summed E-state index contributed by atoms with van der Waals surface area (Å²) in [5, 5.41) is 6.70. The highest BCUT2D eigenvalue weighted by molar-refractivity contribution is 7.81. The van der Waals surface area contributed by atoms with Crippen LogP contribution in [0.5, 0.6) is 0 Å². The van der Waals surface area contributed by atoms with Crippen LogP contribution in [0.3, 0.4) is 0 Å². The maximum absolute atomic E-state index is 5.17. The lowest BCUT2D eigenvalue weighted by atomic mass is 10.0. The van der Waals surface area contributed by atoms with Gasteiger partial charge in [-0.05, 0) is 13.3 Å². The van der Waals surface area contributed by atoms with Gasteiger partial charge in [0, 0.05) is 30.1 Å². The average Bonchev–Trinajstić information content (AvgIpc) is 2.13. The monoisotopic (exact) mass is 198 g/mol. The van der Waals surface area contributed by atoms with Crippen LogP contribution in [-0.2, 0) is 0 Å². The number of hydrogen-bond acceptors (Lipinski definition) is 3. The number of unbranched alkanes of at least 4 members (excludes halogenated alkanes) is 1. The van der Waals surface area contributed by atoms with E-state index in [9.17, 15) is 0 Å². The van der Waals surface area contributed by atoms with Gasteiger partial charge in [0.1, 0.15) is 0 Å². The van der Waals surface area contributed by atoms with Crippen LogP contribution in [-0.4, -0.2) is 18.0 Å². The molecule has 0 aromatic carbocycles. The van der Waals surface area contributed by atoms with E-state index in [1.807, 2.05) is 0 Å². The van der Waals surface area contributed by atoms with E-state index >= 15 is 0 Å². The van der Waals surface area contributed by atoms with Crippen molar-refractivity contribution in [2.75, 3.05) is 13.1 Å². The lowest BCUT2D eigenvalue weighted by Gasteiger charge is -2.26. The fraction of sp³-hybridized carbons (Fsp3) is 0.700. The Bertz CT molecular complexity index is 221. The highest BCUT2D eigenvalue weighted by atomic mass is 32.1. The van der Waals surface area contributed by atoms with Gasteiger partial charge in [0.25, 0.3) is 0 Å². The first-order valence-corrected chi connectivity index (χ1v) is 5.44. The van der Waals surface area contributed by atoms with E-state index in [2.05, 4.69) is 24.5 Å². The summed E-state index contributed by atoms with van der Waals surface area (Å²) in [5.41, 5.74) is 2.48. The van der Waals surface area contributed by atoms with Crippen molar-refractivity contribution >= 4 is 17.1 Å². The van der Waals surface area contributed by atoms with Crippen LogP contribution in [0.1, 0.15) is 33.1 Å². The van der Waals surface area contributed by atoms with Crippen molar-refractivity contribution in [1.29, 1.82) is 0 Å². The summed E-state index contributed by atoms with van der Waals surface area (Å²) in [6, 6.07) is 0. The van der Waals surface area contributed by atoms with Crippen molar-refractivity contribution in [1.82, 2.24) is 10.6 Å². The van der Waals surface area contributed by atoms with Crippen molar-refractivity contribution in [2.45, 2.75) is 33.1 Å². The molecule has 0 atom stereocenters. The molecule has 0 amide bonds. The molecule has 0 radical (unpaired) electrons. The Morgan fingerprint density at radius 3 is 2.62 bits per heavy atom. The predicted octanol–water partition coefficient (Wildman–Crippen LogP) is 1.97. The molecular weight excluding hydrogens is 180 g/mol. The summed E-state index contributed by atoms with van der Waals surface area (Å²) in [6.45, 7) is 6.32. The fourth-order valence-electron chi connectivity index (χ4n) is 1.35. The van der Waals surface area contributed by atoms with E-state index in [0.717, 1.165) is 24.4 Å². The van der Waals surface area contributed by atoms with E-state index in [0.29, 0.717) is 0 Å². The van der Waals surface area contributed by atoms with Gasteiger partial charge in [-0.25, -0.2) is 0 Å². The van der Waals surface area contributed by atoms with Crippen LogP contribution in [0, 0.1) is 0 Å². The van der Waals surface area contributed by atoms with Crippen LogP contribution in [0.2, 0.25) is 0 Å². The maximum atomic E-state index is 5.17. The van der Waals surface area contributed by atoms with Crippen molar-refractivity contribution in [3.05, 3.63) is 11.4 Å². The lowest BCUT2D eigenvalue weighted by molar-refractivity contribution is 0.679. The molecule has 3 heteroatoms. The molecule has 0 aromatic rings. The van der Waals surface area contributed by atoms with E-state index in [1.54, 1.807) is 0 Å². The molecular formula is C10H18N2S. The minimum Gasteiger partial charge on any atom is -0.386 e. The van der Waals surface area contributed by atoms with Gasteiger partial charge >= 0.3 is 0 Å². The molecule has 1 aliphatic carbocycles. The van der Waals surface area contributed by atoms with E-state index in [1.165, 1.54) is 24.2 Å². The molecule has 2 N–H and O–H groups in total. The van der Waals surface area contributed by atoms with Gasteiger partial charge in [0.15, 0.2) is 0 Å². The molecule has 0 heterocycles. The smallest absolute Gasteiger partial charge is 0.0682 e. The number of rotatable bonds is 6. The molecule has 0 aromatic heterocycles. The minimum atomic E-state index is 0.953. The predicted molar refractivity (Wildman–Crippen MR) is 60.8 cm³/mol. The molecule has 0 saturated carbocycles. The highest BCUT2D eigenvalue weighted by Crippen LogP contribution is 2.20. The van der Waals surface area contributed by atoms with Crippen LogP contribution in [0.4, 0.5) is 0 Å². The molecule has 13 heavy (non-hydrogen) atoms. The Morgan fingerprint density at radius 2 is 2.08 bits per heavy atom. The first-order valence-electron chi connectivity index (χ1n) is 5.03. The molecule has 0 fully saturated rings. The van der Waals surface area contributed by atoms with Gasteiger partial charge in [0.05, 0.1) is 5.70 Å². The van der Waals surface area contributed by atoms with E-state index in [4.69, 9.17) is 12.2 Å². The zero-order valence-corrected chi connectivity index (χ0v) is 9.26. The second kappa shape index (κ2) is 5.22. The summed E-state index contributed by atoms with van der Waals surface area (Å²) in [7, 11) is 0. The Kier molecular flexibility index (Phi) is 4.22. The molecule has 0 saturated heterocycles. The lowest BCUT2D eigenvalue weighted by Crippen LogP contribution is -2.35. The summed E-state index contributed by atoms with van der Waals surface area (Å²) in [6.07, 6.45) is 3.43. The topological polar surface area (TPSA) is 24.1 Å². The first-order chi connectivity index (χ1) is 6.29. The quantitative estimate of drug-likeness (QED) is 0.504. The Morgan fingerprint density at radius 1 is 1.31 bits per heavy atom. The Hall–Kier alpha value is -0.570. The zero-order chi connectivity index (χ0) is 9.68. The van der Waals surface area contributed by atoms with Crippen molar-refractivity contribution in [3.63, 3.8) is 0 Å². The molecule has 0 aliphatic heterocycles. The van der Waals surface area contributed by atoms with Gasteiger partial charge < -0.3 is 10.6 Å². The minimum absolute atomic E-state index is 0.953. The number of nitrogens with one attached hydrogen (secondary N) is 2. The highest BCUT2D eigenvalue weighted by Gasteiger charge is 2.21. The molecule has 0 unspecified atom stereocenters. The number of allylic oxidation sites excluding steroid dienone is 2. The summed E-state index contributed by atoms with van der Waals surface area (Å²) < 4.78 is 0. The van der Waals surface area contributed by atoms with Crippen molar-refractivity contribution in [3.8, 4) is 0 Å². The second-order valence-corrected chi connectivity index (χ2v) is 3.76. The van der Waals surface area contributed by atoms with E-state index in [-0.39, 0.29) is 0 Å². The molecule has 1 aliphatic rings. The van der Waals surface area contributed by atoms with Crippen LogP contribution in [0.15, 0.2) is 11.4 Å². The molecule has 0 bridgehead atoms. The van der Waals surface area contributed by atoms with Gasteiger partial charge in [0.2, 0.25) is 0 Å². The standard InChI is InChI=1S/C10H18N2S/c1-3-5-6-12-8-7-9(13)10(8)11-4-2/h11-12H,3-7H2,1-2H3. The maximum Gasteiger partial charge on any atom is 0.0682 e. The number of hydrogen-bond donors (Lipinski definition) is 2. The summed E-state index contributed by atoms with van der Waals surface area (Å²) in [5.74, 6) is 0. The van der Waals surface area contributed by atoms with Gasteiger partial charge in [-0.2, -0.15) is 0 Å². The first kappa shape index (κ1) is 10.5. The molecule has 2 nitrogen and oxygen atoms in total. The molecule has 74 valence electrons. The Labute approximate surface area is 85.8 Å². The van der Waals surface area contributed by atoms with Gasteiger partial charge in [-0.1, -0.05) is 25.6 Å². The zero-order valence-electron chi connectivity index (χ0n) is 8.44. The number of thiocarbonyl (C=S) groups is 1. The van der Waals surface area contributed by atoms with Gasteiger partial charge in [-0.3, -0.25) is 0 Å². The summed E-state index contributed by atoms with van der Waals surface area (Å²) in [4.78, 5) is 1.07. The summed E-state index contributed by atoms with van der Waals surface area (Å²) >= 11 is 5.17. The third kappa shape index (κ3) is 2.69. The van der Waals surface area contributed by atoms with E-state index < -0.39 is 0 Å².